The highest BCUT2D eigenvalue weighted by atomic mass is 16.6. The highest BCUT2D eigenvalue weighted by molar-refractivity contribution is 5.86. The summed E-state index contributed by atoms with van der Waals surface area (Å²) in [6.07, 6.45) is 24.9. The standard InChI is InChI=1S/C53H93N7O5/c1-5-6-7-8-9-13-31-60(49(61)22-11-10-12-30-57-45-20-14-21-46-51(45)59-65-58-46)32-15-19-39(2)42-23-24-43-50-44(38-48(53(42,43)4)64-35-18-29-56)52(3)26-25-41(62-33-16-27-54)36-40(52)37-47(50)63-34-17-28-55/h14,20-21,39-44,47-48,50,57H,5-13,15-19,22-38,54-56H2,1-4H3/t39?,40?,41-,42?,43+,44+,47-,48+,50?,52+,53-/m1/s1. The lowest BCUT2D eigenvalue weighted by molar-refractivity contribution is -0.227. The lowest BCUT2D eigenvalue weighted by Crippen LogP contribution is -2.63. The summed E-state index contributed by atoms with van der Waals surface area (Å²) in [6.45, 7) is 16.9. The summed E-state index contributed by atoms with van der Waals surface area (Å²) < 4.78 is 25.5. The van der Waals surface area contributed by atoms with E-state index < -0.39 is 0 Å². The predicted molar refractivity (Wildman–Crippen MR) is 263 cm³/mol. The van der Waals surface area contributed by atoms with Crippen LogP contribution >= 0.6 is 0 Å². The summed E-state index contributed by atoms with van der Waals surface area (Å²) in [7, 11) is 0. The molecule has 4 aliphatic carbocycles. The van der Waals surface area contributed by atoms with Crippen molar-refractivity contribution in [2.45, 2.75) is 187 Å². The molecule has 4 saturated carbocycles. The summed E-state index contributed by atoms with van der Waals surface area (Å²) in [5.41, 5.74) is 20.7. The van der Waals surface area contributed by atoms with Crippen LogP contribution in [0.2, 0.25) is 0 Å². The van der Waals surface area contributed by atoms with E-state index in [1.54, 1.807) is 0 Å². The number of ether oxygens (including phenoxy) is 3. The van der Waals surface area contributed by atoms with Gasteiger partial charge in [-0.25, -0.2) is 4.63 Å². The van der Waals surface area contributed by atoms with Crippen LogP contribution in [0.4, 0.5) is 5.69 Å². The number of anilines is 1. The molecular formula is C53H93N7O5. The van der Waals surface area contributed by atoms with E-state index in [0.717, 1.165) is 140 Å². The molecule has 0 aliphatic heterocycles. The second-order valence-electron chi connectivity index (χ2n) is 21.4. The molecule has 1 heterocycles. The van der Waals surface area contributed by atoms with E-state index in [2.05, 4.69) is 48.2 Å². The van der Waals surface area contributed by atoms with Crippen LogP contribution in [0, 0.1) is 46.3 Å². The molecule has 12 nitrogen and oxygen atoms in total. The van der Waals surface area contributed by atoms with Crippen molar-refractivity contribution >= 4 is 22.6 Å². The molecule has 11 atom stereocenters. The number of hydrogen-bond acceptors (Lipinski definition) is 11. The number of unbranched alkanes of at least 4 members (excludes halogenated alkanes) is 7. The van der Waals surface area contributed by atoms with Gasteiger partial charge in [-0.2, -0.15) is 0 Å². The van der Waals surface area contributed by atoms with Gasteiger partial charge in [-0.3, -0.25) is 4.79 Å². The minimum atomic E-state index is 0.0671. The normalized spacial score (nSPS) is 30.2. The number of carbonyl (C=O) groups is 1. The first-order valence-corrected chi connectivity index (χ1v) is 26.9. The van der Waals surface area contributed by atoms with E-state index >= 15 is 0 Å². The van der Waals surface area contributed by atoms with Crippen LogP contribution < -0.4 is 22.5 Å². The number of rotatable bonds is 31. The smallest absolute Gasteiger partial charge is 0.222 e. The summed E-state index contributed by atoms with van der Waals surface area (Å²) in [4.78, 5) is 16.1. The number of hydrogen-bond donors (Lipinski definition) is 4. The Kier molecular flexibility index (Phi) is 21.1. The first kappa shape index (κ1) is 52.0. The highest BCUT2D eigenvalue weighted by Gasteiger charge is 2.66. The number of nitrogens with zero attached hydrogens (tertiary/aromatic N) is 3. The third kappa shape index (κ3) is 13.3. The number of aromatic nitrogens is 2. The maximum Gasteiger partial charge on any atom is 0.222 e. The molecule has 6 rings (SSSR count). The van der Waals surface area contributed by atoms with Gasteiger partial charge in [0.05, 0.1) is 24.0 Å². The Labute approximate surface area is 393 Å². The van der Waals surface area contributed by atoms with Crippen molar-refractivity contribution < 1.29 is 23.6 Å². The fourth-order valence-electron chi connectivity index (χ4n) is 13.8. The average molecular weight is 908 g/mol. The molecule has 1 aromatic heterocycles. The fraction of sp³-hybridized carbons (Fsp3) is 0.868. The molecule has 0 spiro atoms. The Morgan fingerprint density at radius 1 is 0.815 bits per heavy atom. The highest BCUT2D eigenvalue weighted by Crippen LogP contribution is 2.69. The first-order valence-electron chi connectivity index (χ1n) is 26.9. The number of nitrogens with two attached hydrogens (primary N) is 3. The second-order valence-corrected chi connectivity index (χ2v) is 21.4. The molecule has 1 amide bonds. The van der Waals surface area contributed by atoms with Gasteiger partial charge < -0.3 is 41.6 Å². The molecule has 370 valence electrons. The van der Waals surface area contributed by atoms with E-state index in [1.807, 2.05) is 18.2 Å². The van der Waals surface area contributed by atoms with Crippen molar-refractivity contribution in [1.82, 2.24) is 15.2 Å². The van der Waals surface area contributed by atoms with E-state index in [9.17, 15) is 4.79 Å². The third-order valence-electron chi connectivity index (χ3n) is 17.4. The summed E-state index contributed by atoms with van der Waals surface area (Å²) in [5.74, 6) is 3.68. The van der Waals surface area contributed by atoms with Crippen molar-refractivity contribution in [3.05, 3.63) is 18.2 Å². The summed E-state index contributed by atoms with van der Waals surface area (Å²) >= 11 is 0. The predicted octanol–water partition coefficient (Wildman–Crippen LogP) is 9.88. The van der Waals surface area contributed by atoms with Gasteiger partial charge in [-0.05, 0) is 179 Å². The monoisotopic (exact) mass is 908 g/mol. The Morgan fingerprint density at radius 3 is 2.32 bits per heavy atom. The number of carbonyl (C=O) groups excluding carboxylic acids is 1. The van der Waals surface area contributed by atoms with Gasteiger partial charge in [-0.15, -0.1) is 0 Å². The molecular weight excluding hydrogens is 815 g/mol. The zero-order valence-corrected chi connectivity index (χ0v) is 41.5. The molecule has 0 radical (unpaired) electrons. The van der Waals surface area contributed by atoms with Crippen LogP contribution in [0.25, 0.3) is 11.0 Å². The van der Waals surface area contributed by atoms with Gasteiger partial charge in [0.2, 0.25) is 5.91 Å². The summed E-state index contributed by atoms with van der Waals surface area (Å²) in [6, 6.07) is 5.88. The van der Waals surface area contributed by atoms with Gasteiger partial charge in [-0.1, -0.05) is 72.3 Å². The van der Waals surface area contributed by atoms with E-state index in [-0.39, 0.29) is 23.0 Å². The largest absolute Gasteiger partial charge is 0.383 e. The fourth-order valence-corrected chi connectivity index (χ4v) is 13.8. The number of fused-ring (bicyclic) bond motifs is 6. The number of amides is 1. The van der Waals surface area contributed by atoms with E-state index in [0.29, 0.717) is 73.6 Å². The first-order chi connectivity index (χ1) is 31.7. The van der Waals surface area contributed by atoms with Crippen molar-refractivity contribution in [2.75, 3.05) is 64.4 Å². The molecule has 4 fully saturated rings. The zero-order chi connectivity index (χ0) is 46.1. The van der Waals surface area contributed by atoms with Gasteiger partial charge >= 0.3 is 0 Å². The quantitative estimate of drug-likeness (QED) is 0.0530. The molecule has 4 unspecified atom stereocenters. The molecule has 12 heteroatoms. The molecule has 7 N–H and O–H groups in total. The average Bonchev–Trinajstić information content (AvgIpc) is 3.94. The third-order valence-corrected chi connectivity index (χ3v) is 17.4. The molecule has 4 aliphatic rings. The van der Waals surface area contributed by atoms with Crippen LogP contribution in [-0.2, 0) is 19.0 Å². The van der Waals surface area contributed by atoms with Gasteiger partial charge in [0.1, 0.15) is 5.52 Å². The van der Waals surface area contributed by atoms with Gasteiger partial charge in [0, 0.05) is 51.3 Å². The van der Waals surface area contributed by atoms with Crippen LogP contribution in [0.15, 0.2) is 22.8 Å². The Balaban J connectivity index is 1.09. The Morgan fingerprint density at radius 2 is 1.54 bits per heavy atom. The maximum atomic E-state index is 13.9. The van der Waals surface area contributed by atoms with Crippen molar-refractivity contribution in [2.24, 2.45) is 63.5 Å². The van der Waals surface area contributed by atoms with Crippen LogP contribution in [0.5, 0.6) is 0 Å². The second kappa shape index (κ2) is 26.4. The molecule has 2 aromatic rings. The molecule has 65 heavy (non-hydrogen) atoms. The Bertz CT molecular complexity index is 1660. The van der Waals surface area contributed by atoms with Gasteiger partial charge in [0.15, 0.2) is 5.52 Å². The minimum absolute atomic E-state index is 0.0671. The minimum Gasteiger partial charge on any atom is -0.383 e. The van der Waals surface area contributed by atoms with E-state index in [1.165, 1.54) is 51.4 Å². The van der Waals surface area contributed by atoms with Crippen molar-refractivity contribution in [1.29, 1.82) is 0 Å². The van der Waals surface area contributed by atoms with Crippen LogP contribution in [-0.4, -0.2) is 98.5 Å². The van der Waals surface area contributed by atoms with Gasteiger partial charge in [0.25, 0.3) is 0 Å². The van der Waals surface area contributed by atoms with Crippen molar-refractivity contribution in [3.63, 3.8) is 0 Å². The SMILES string of the molecule is CCCCCCCCN(CCCC(C)C1CC[C@H]2C3[C@H](OCCCN)CC4C[C@H](OCCCN)CC[C@]4(C)[C@H]3C[C@H](OCCCN)[C@]12C)C(=O)CCCCCNc1cccc2nonc12. The van der Waals surface area contributed by atoms with Crippen molar-refractivity contribution in [3.8, 4) is 0 Å². The number of nitrogens with one attached hydrogen (secondary N) is 1. The van der Waals surface area contributed by atoms with E-state index in [4.69, 9.17) is 36.0 Å². The molecule has 0 bridgehead atoms. The zero-order valence-electron chi connectivity index (χ0n) is 41.5. The molecule has 1 aromatic carbocycles. The number of benzene rings is 1. The topological polar surface area (TPSA) is 177 Å². The lowest BCUT2D eigenvalue weighted by Gasteiger charge is -2.65. The van der Waals surface area contributed by atoms with Crippen LogP contribution in [0.3, 0.4) is 0 Å². The summed E-state index contributed by atoms with van der Waals surface area (Å²) in [5, 5.41) is 11.5. The lowest BCUT2D eigenvalue weighted by atomic mass is 9.43. The van der Waals surface area contributed by atoms with Crippen LogP contribution in [0.1, 0.15) is 169 Å². The Hall–Kier alpha value is -2.35. The maximum absolute atomic E-state index is 13.9. The molecule has 0 saturated heterocycles.